The fourth-order valence-corrected chi connectivity index (χ4v) is 2.70. The lowest BCUT2D eigenvalue weighted by atomic mass is 9.88. The lowest BCUT2D eigenvalue weighted by molar-refractivity contribution is -0.129. The van der Waals surface area contributed by atoms with Gasteiger partial charge in [0.15, 0.2) is 0 Å². The van der Waals surface area contributed by atoms with Gasteiger partial charge in [0.25, 0.3) is 0 Å². The quantitative estimate of drug-likeness (QED) is 0.569. The molecule has 1 heterocycles. The van der Waals surface area contributed by atoms with E-state index in [0.717, 1.165) is 19.3 Å². The Morgan fingerprint density at radius 1 is 1.38 bits per heavy atom. The van der Waals surface area contributed by atoms with E-state index in [1.54, 1.807) is 13.0 Å². The third kappa shape index (κ3) is 5.10. The van der Waals surface area contributed by atoms with E-state index in [0.29, 0.717) is 13.2 Å². The van der Waals surface area contributed by atoms with Gasteiger partial charge in [-0.1, -0.05) is 36.4 Å². The van der Waals surface area contributed by atoms with E-state index in [-0.39, 0.29) is 23.9 Å². The monoisotopic (exact) mass is 288 g/mol. The van der Waals surface area contributed by atoms with Crippen molar-refractivity contribution in [1.82, 2.24) is 0 Å². The molecule has 0 unspecified atom stereocenters. The molecule has 0 saturated carbocycles. The summed E-state index contributed by atoms with van der Waals surface area (Å²) in [5.74, 6) is 0.348. The second kappa shape index (κ2) is 8.11. The fourth-order valence-electron chi connectivity index (χ4n) is 2.70. The average Bonchev–Trinajstić information content (AvgIpc) is 2.52. The second-order valence-electron chi connectivity index (χ2n) is 5.64. The molecule has 1 aromatic carbocycles. The van der Waals surface area contributed by atoms with E-state index in [9.17, 15) is 4.79 Å². The van der Waals surface area contributed by atoms with Crippen molar-refractivity contribution in [2.75, 3.05) is 6.61 Å². The topological polar surface area (TPSA) is 35.5 Å². The molecule has 0 radical (unpaired) electrons. The molecule has 21 heavy (non-hydrogen) atoms. The van der Waals surface area contributed by atoms with Gasteiger partial charge in [-0.15, -0.1) is 6.58 Å². The van der Waals surface area contributed by atoms with Gasteiger partial charge in [0, 0.05) is 12.5 Å². The molecule has 0 amide bonds. The maximum Gasteiger partial charge on any atom is 0.133 e. The zero-order chi connectivity index (χ0) is 15.1. The summed E-state index contributed by atoms with van der Waals surface area (Å²) < 4.78 is 11.6. The minimum absolute atomic E-state index is 0.00762. The normalized spacial score (nSPS) is 25.5. The predicted molar refractivity (Wildman–Crippen MR) is 83.0 cm³/mol. The van der Waals surface area contributed by atoms with Crippen molar-refractivity contribution < 1.29 is 14.3 Å². The van der Waals surface area contributed by atoms with Crippen molar-refractivity contribution >= 4 is 5.78 Å². The molecule has 3 atom stereocenters. The van der Waals surface area contributed by atoms with Gasteiger partial charge in [0.1, 0.15) is 5.78 Å². The summed E-state index contributed by atoms with van der Waals surface area (Å²) in [4.78, 5) is 11.6. The molecule has 0 aromatic heterocycles. The van der Waals surface area contributed by atoms with Crippen molar-refractivity contribution in [2.45, 2.75) is 45.0 Å². The van der Waals surface area contributed by atoms with Crippen LogP contribution in [-0.2, 0) is 20.9 Å². The zero-order valence-electron chi connectivity index (χ0n) is 12.7. The third-order valence-electron chi connectivity index (χ3n) is 3.97. The van der Waals surface area contributed by atoms with Crippen molar-refractivity contribution in [3.05, 3.63) is 48.6 Å². The summed E-state index contributed by atoms with van der Waals surface area (Å²) in [7, 11) is 0. The molecule has 3 nitrogen and oxygen atoms in total. The number of ketones is 1. The Labute approximate surface area is 127 Å². The molecule has 0 N–H and O–H groups in total. The third-order valence-corrected chi connectivity index (χ3v) is 3.97. The van der Waals surface area contributed by atoms with Gasteiger partial charge in [-0.2, -0.15) is 0 Å². The Hall–Kier alpha value is -1.45. The summed E-state index contributed by atoms with van der Waals surface area (Å²) in [5, 5.41) is 0. The Morgan fingerprint density at radius 3 is 2.81 bits per heavy atom. The van der Waals surface area contributed by atoms with Crippen LogP contribution in [0, 0.1) is 5.92 Å². The van der Waals surface area contributed by atoms with Crippen molar-refractivity contribution in [2.24, 2.45) is 5.92 Å². The highest BCUT2D eigenvalue weighted by Crippen LogP contribution is 2.28. The summed E-state index contributed by atoms with van der Waals surface area (Å²) in [6, 6.07) is 10.1. The number of hydrogen-bond donors (Lipinski definition) is 0. The number of carbonyl (C=O) groups excluding carboxylic acids is 1. The van der Waals surface area contributed by atoms with Crippen molar-refractivity contribution in [3.63, 3.8) is 0 Å². The van der Waals surface area contributed by atoms with Gasteiger partial charge in [-0.05, 0) is 31.7 Å². The summed E-state index contributed by atoms with van der Waals surface area (Å²) in [6.07, 6.45) is 4.26. The van der Waals surface area contributed by atoms with Crippen LogP contribution >= 0.6 is 0 Å². The van der Waals surface area contributed by atoms with Crippen LogP contribution < -0.4 is 0 Å². The summed E-state index contributed by atoms with van der Waals surface area (Å²) in [6.45, 7) is 6.71. The first-order valence-corrected chi connectivity index (χ1v) is 7.59. The fraction of sp³-hybridized carbons (Fsp3) is 0.500. The van der Waals surface area contributed by atoms with Crippen LogP contribution in [0.4, 0.5) is 0 Å². The maximum atomic E-state index is 11.6. The molecule has 1 aromatic rings. The first kappa shape index (κ1) is 15.9. The Kier molecular flexibility index (Phi) is 6.15. The van der Waals surface area contributed by atoms with Crippen molar-refractivity contribution in [3.8, 4) is 0 Å². The van der Waals surface area contributed by atoms with Crippen LogP contribution in [0.5, 0.6) is 0 Å². The van der Waals surface area contributed by atoms with E-state index in [4.69, 9.17) is 9.47 Å². The van der Waals surface area contributed by atoms with E-state index in [1.165, 1.54) is 5.56 Å². The van der Waals surface area contributed by atoms with Crippen LogP contribution in [0.15, 0.2) is 43.0 Å². The molecule has 0 bridgehead atoms. The highest BCUT2D eigenvalue weighted by atomic mass is 16.5. The molecule has 0 spiro atoms. The largest absolute Gasteiger partial charge is 0.377 e. The number of benzene rings is 1. The molecule has 1 aliphatic heterocycles. The number of carbonyl (C=O) groups is 1. The molecule has 1 saturated heterocycles. The SMILES string of the molecule is C=C[C@H]1C[C@@H](C(C)=O)C[C@@H](CCOCc2ccccc2)O1. The zero-order valence-corrected chi connectivity index (χ0v) is 12.7. The minimum Gasteiger partial charge on any atom is -0.377 e. The Morgan fingerprint density at radius 2 is 2.14 bits per heavy atom. The molecule has 1 aliphatic rings. The lowest BCUT2D eigenvalue weighted by Crippen LogP contribution is -2.35. The van der Waals surface area contributed by atoms with Gasteiger partial charge in [-0.3, -0.25) is 4.79 Å². The van der Waals surface area contributed by atoms with E-state index in [1.807, 2.05) is 18.2 Å². The van der Waals surface area contributed by atoms with Crippen LogP contribution in [0.3, 0.4) is 0 Å². The van der Waals surface area contributed by atoms with Crippen LogP contribution in [0.25, 0.3) is 0 Å². The number of ether oxygens (including phenoxy) is 2. The van der Waals surface area contributed by atoms with Gasteiger partial charge in [-0.25, -0.2) is 0 Å². The van der Waals surface area contributed by atoms with E-state index in [2.05, 4.69) is 18.7 Å². The van der Waals surface area contributed by atoms with Crippen LogP contribution in [-0.4, -0.2) is 24.6 Å². The van der Waals surface area contributed by atoms with Gasteiger partial charge in [0.2, 0.25) is 0 Å². The summed E-state index contributed by atoms with van der Waals surface area (Å²) in [5.41, 5.74) is 1.17. The van der Waals surface area contributed by atoms with Gasteiger partial charge < -0.3 is 9.47 Å². The molecule has 114 valence electrons. The number of hydrogen-bond acceptors (Lipinski definition) is 3. The lowest BCUT2D eigenvalue weighted by Gasteiger charge is -2.33. The molecule has 0 aliphatic carbocycles. The molecular formula is C18H24O3. The van der Waals surface area contributed by atoms with E-state index < -0.39 is 0 Å². The van der Waals surface area contributed by atoms with Gasteiger partial charge >= 0.3 is 0 Å². The number of rotatable bonds is 7. The summed E-state index contributed by atoms with van der Waals surface area (Å²) >= 11 is 0. The highest BCUT2D eigenvalue weighted by molar-refractivity contribution is 5.78. The highest BCUT2D eigenvalue weighted by Gasteiger charge is 2.30. The van der Waals surface area contributed by atoms with Crippen LogP contribution in [0.2, 0.25) is 0 Å². The van der Waals surface area contributed by atoms with Crippen molar-refractivity contribution in [1.29, 1.82) is 0 Å². The minimum atomic E-state index is -0.00762. The maximum absolute atomic E-state index is 11.6. The second-order valence-corrected chi connectivity index (χ2v) is 5.64. The molecule has 3 heteroatoms. The van der Waals surface area contributed by atoms with Gasteiger partial charge in [0.05, 0.1) is 18.8 Å². The first-order chi connectivity index (χ1) is 10.2. The molecular weight excluding hydrogens is 264 g/mol. The average molecular weight is 288 g/mol. The first-order valence-electron chi connectivity index (χ1n) is 7.59. The molecule has 2 rings (SSSR count). The Bertz CT molecular complexity index is 455. The molecule has 1 fully saturated rings. The predicted octanol–water partition coefficient (Wildman–Crippen LogP) is 3.53. The van der Waals surface area contributed by atoms with Crippen LogP contribution in [0.1, 0.15) is 31.7 Å². The van der Waals surface area contributed by atoms with E-state index >= 15 is 0 Å². The standard InChI is InChI=1S/C18H24O3/c1-3-17-11-16(14(2)19)12-18(21-17)9-10-20-13-15-7-5-4-6-8-15/h3-8,16-18H,1,9-13H2,2H3/t16-,17+,18-/m1/s1. The smallest absolute Gasteiger partial charge is 0.133 e. The number of Topliss-reactive ketones (excluding diaryl/α,β-unsaturated/α-hetero) is 1. The Balaban J connectivity index is 1.74.